The fourth-order valence-electron chi connectivity index (χ4n) is 1.26. The van der Waals surface area contributed by atoms with Crippen molar-refractivity contribution >= 4 is 15.8 Å². The third-order valence-corrected chi connectivity index (χ3v) is 4.42. The number of sulfone groups is 1. The predicted molar refractivity (Wildman–Crippen MR) is 43.6 cm³/mol. The summed E-state index contributed by atoms with van der Waals surface area (Å²) >= 11 is 0. The Morgan fingerprint density at radius 2 is 2.17 bits per heavy atom. The van der Waals surface area contributed by atoms with Crippen molar-refractivity contribution in [1.82, 2.24) is 0 Å². The van der Waals surface area contributed by atoms with Crippen molar-refractivity contribution < 1.29 is 18.3 Å². The molecule has 4 nitrogen and oxygen atoms in total. The van der Waals surface area contributed by atoms with E-state index in [0.717, 1.165) is 0 Å². The van der Waals surface area contributed by atoms with Crippen LogP contribution < -0.4 is 0 Å². The van der Waals surface area contributed by atoms with Crippen LogP contribution in [0.3, 0.4) is 0 Å². The lowest BCUT2D eigenvalue weighted by Crippen LogP contribution is -2.15. The molecule has 0 aliphatic heterocycles. The van der Waals surface area contributed by atoms with E-state index in [1.807, 2.05) is 0 Å². The molecule has 12 heavy (non-hydrogen) atoms. The highest BCUT2D eigenvalue weighted by Crippen LogP contribution is 2.37. The van der Waals surface area contributed by atoms with Gasteiger partial charge in [0.25, 0.3) is 0 Å². The van der Waals surface area contributed by atoms with Gasteiger partial charge in [0.05, 0.1) is 16.9 Å². The van der Waals surface area contributed by atoms with Gasteiger partial charge in [-0.1, -0.05) is 6.92 Å². The molecule has 1 saturated carbocycles. The zero-order valence-electron chi connectivity index (χ0n) is 6.86. The van der Waals surface area contributed by atoms with E-state index < -0.39 is 27.0 Å². The van der Waals surface area contributed by atoms with E-state index in [0.29, 0.717) is 12.8 Å². The number of hydrogen-bond donors (Lipinski definition) is 1. The van der Waals surface area contributed by atoms with Gasteiger partial charge in [-0.2, -0.15) is 0 Å². The van der Waals surface area contributed by atoms with E-state index in [1.165, 1.54) is 0 Å². The Balaban J connectivity index is 2.58. The van der Waals surface area contributed by atoms with Crippen molar-refractivity contribution in [3.8, 4) is 0 Å². The minimum absolute atomic E-state index is 0.113. The van der Waals surface area contributed by atoms with Crippen molar-refractivity contribution in [2.45, 2.75) is 25.0 Å². The van der Waals surface area contributed by atoms with Crippen molar-refractivity contribution in [1.29, 1.82) is 0 Å². The molecule has 0 aromatic heterocycles. The molecule has 0 heterocycles. The van der Waals surface area contributed by atoms with E-state index in [-0.39, 0.29) is 5.75 Å². The molecule has 2 atom stereocenters. The summed E-state index contributed by atoms with van der Waals surface area (Å²) in [5.41, 5.74) is 0. The molecule has 0 amide bonds. The normalized spacial score (nSPS) is 28.4. The summed E-state index contributed by atoms with van der Waals surface area (Å²) in [6.45, 7) is 1.77. The summed E-state index contributed by atoms with van der Waals surface area (Å²) in [6.07, 6.45) is 0.864. The molecule has 0 saturated heterocycles. The Morgan fingerprint density at radius 1 is 1.58 bits per heavy atom. The van der Waals surface area contributed by atoms with Gasteiger partial charge in [-0.3, -0.25) is 4.79 Å². The van der Waals surface area contributed by atoms with Crippen molar-refractivity contribution in [3.63, 3.8) is 0 Å². The first-order valence-corrected chi connectivity index (χ1v) is 5.65. The van der Waals surface area contributed by atoms with Crippen molar-refractivity contribution in [3.05, 3.63) is 0 Å². The van der Waals surface area contributed by atoms with Gasteiger partial charge >= 0.3 is 5.97 Å². The lowest BCUT2D eigenvalue weighted by Gasteiger charge is -1.98. The van der Waals surface area contributed by atoms with Crippen LogP contribution in [0.4, 0.5) is 0 Å². The third-order valence-electron chi connectivity index (χ3n) is 2.00. The standard InChI is InChI=1S/C7H12O4S/c1-2-3-12(10,11)6-4-5(6)7(8)9/h5-6H,2-4H2,1H3,(H,8,9). The summed E-state index contributed by atoms with van der Waals surface area (Å²) in [5, 5.41) is 7.89. The average Bonchev–Trinajstić information content (AvgIpc) is 2.63. The molecular formula is C7H12O4S. The van der Waals surface area contributed by atoms with Crippen LogP contribution >= 0.6 is 0 Å². The number of carboxylic acids is 1. The Kier molecular flexibility index (Phi) is 2.41. The maximum absolute atomic E-state index is 11.2. The van der Waals surface area contributed by atoms with Gasteiger partial charge in [-0.05, 0) is 12.8 Å². The van der Waals surface area contributed by atoms with Crippen LogP contribution in [0.5, 0.6) is 0 Å². The highest BCUT2D eigenvalue weighted by molar-refractivity contribution is 7.92. The highest BCUT2D eigenvalue weighted by atomic mass is 32.2. The van der Waals surface area contributed by atoms with Crippen LogP contribution in [0.15, 0.2) is 0 Å². The van der Waals surface area contributed by atoms with E-state index in [1.54, 1.807) is 6.92 Å². The van der Waals surface area contributed by atoms with Crippen LogP contribution in [0.1, 0.15) is 19.8 Å². The zero-order valence-corrected chi connectivity index (χ0v) is 7.67. The Morgan fingerprint density at radius 3 is 2.50 bits per heavy atom. The van der Waals surface area contributed by atoms with Crippen molar-refractivity contribution in [2.24, 2.45) is 5.92 Å². The van der Waals surface area contributed by atoms with Gasteiger partial charge in [-0.15, -0.1) is 0 Å². The van der Waals surface area contributed by atoms with Gasteiger partial charge in [-0.25, -0.2) is 8.42 Å². The summed E-state index contributed by atoms with van der Waals surface area (Å²) in [7, 11) is -3.11. The maximum Gasteiger partial charge on any atom is 0.307 e. The SMILES string of the molecule is CCCS(=O)(=O)C1CC1C(=O)O. The Bertz CT molecular complexity index is 280. The van der Waals surface area contributed by atoms with Gasteiger partial charge in [0.2, 0.25) is 0 Å². The fourth-order valence-corrected chi connectivity index (χ4v) is 3.25. The number of hydrogen-bond acceptors (Lipinski definition) is 3. The third kappa shape index (κ3) is 1.77. The molecule has 1 aliphatic carbocycles. The van der Waals surface area contributed by atoms with Gasteiger partial charge in [0.15, 0.2) is 9.84 Å². The molecule has 1 aliphatic rings. The summed E-state index contributed by atoms with van der Waals surface area (Å²) in [4.78, 5) is 10.4. The lowest BCUT2D eigenvalue weighted by molar-refractivity contribution is -0.138. The topological polar surface area (TPSA) is 71.4 Å². The van der Waals surface area contributed by atoms with Gasteiger partial charge in [0, 0.05) is 0 Å². The number of carbonyl (C=O) groups is 1. The maximum atomic E-state index is 11.2. The molecule has 0 radical (unpaired) electrons. The molecule has 5 heteroatoms. The van der Waals surface area contributed by atoms with E-state index >= 15 is 0 Å². The minimum Gasteiger partial charge on any atom is -0.481 e. The summed E-state index contributed by atoms with van der Waals surface area (Å²) in [5.74, 6) is -1.51. The quantitative estimate of drug-likeness (QED) is 0.694. The number of carboxylic acid groups (broad SMARTS) is 1. The smallest absolute Gasteiger partial charge is 0.307 e. The second-order valence-electron chi connectivity index (χ2n) is 3.09. The molecule has 0 spiro atoms. The molecule has 0 aromatic rings. The molecule has 2 unspecified atom stereocenters. The molecule has 70 valence electrons. The van der Waals surface area contributed by atoms with Crippen molar-refractivity contribution in [2.75, 3.05) is 5.75 Å². The first-order chi connectivity index (χ1) is 5.49. The second-order valence-corrected chi connectivity index (χ2v) is 5.43. The van der Waals surface area contributed by atoms with Crippen LogP contribution in [-0.4, -0.2) is 30.5 Å². The summed E-state index contributed by atoms with van der Waals surface area (Å²) < 4.78 is 22.5. The highest BCUT2D eigenvalue weighted by Gasteiger charge is 2.51. The first-order valence-electron chi connectivity index (χ1n) is 3.93. The monoisotopic (exact) mass is 192 g/mol. The minimum atomic E-state index is -3.11. The predicted octanol–water partition coefficient (Wildman–Crippen LogP) is 0.284. The second kappa shape index (κ2) is 3.05. The van der Waals surface area contributed by atoms with Crippen LogP contribution in [0.25, 0.3) is 0 Å². The van der Waals surface area contributed by atoms with Gasteiger partial charge < -0.3 is 5.11 Å². The Labute approximate surface area is 71.5 Å². The number of rotatable bonds is 4. The molecule has 1 fully saturated rings. The van der Waals surface area contributed by atoms with Gasteiger partial charge in [0.1, 0.15) is 0 Å². The van der Waals surface area contributed by atoms with Crippen LogP contribution in [0.2, 0.25) is 0 Å². The van der Waals surface area contributed by atoms with E-state index in [2.05, 4.69) is 0 Å². The zero-order chi connectivity index (χ0) is 9.35. The molecule has 0 bridgehead atoms. The molecule has 1 N–H and O–H groups in total. The fraction of sp³-hybridized carbons (Fsp3) is 0.857. The lowest BCUT2D eigenvalue weighted by atomic mass is 10.4. The van der Waals surface area contributed by atoms with Crippen LogP contribution in [0, 0.1) is 5.92 Å². The van der Waals surface area contributed by atoms with E-state index in [9.17, 15) is 13.2 Å². The molecule has 0 aromatic carbocycles. The van der Waals surface area contributed by atoms with E-state index in [4.69, 9.17) is 5.11 Å². The Hall–Kier alpha value is -0.580. The first kappa shape index (κ1) is 9.51. The average molecular weight is 192 g/mol. The molecule has 1 rings (SSSR count). The number of aliphatic carboxylic acids is 1. The summed E-state index contributed by atoms with van der Waals surface area (Å²) in [6, 6.07) is 0. The molecular weight excluding hydrogens is 180 g/mol. The van der Waals surface area contributed by atoms with Crippen LogP contribution in [-0.2, 0) is 14.6 Å². The largest absolute Gasteiger partial charge is 0.481 e.